The Labute approximate surface area is 158 Å². The zero-order chi connectivity index (χ0) is 19.4. The minimum Gasteiger partial charge on any atom is -0.356 e. The Bertz CT molecular complexity index is 757. The zero-order valence-electron chi connectivity index (χ0n) is 15.5. The van der Waals surface area contributed by atoms with Crippen LogP contribution in [0.25, 0.3) is 0 Å². The van der Waals surface area contributed by atoms with Gasteiger partial charge in [0.1, 0.15) is 23.5 Å². The van der Waals surface area contributed by atoms with E-state index in [9.17, 15) is 13.6 Å². The maximum atomic E-state index is 14.2. The third-order valence-corrected chi connectivity index (χ3v) is 4.85. The highest BCUT2D eigenvalue weighted by Gasteiger charge is 2.31. The van der Waals surface area contributed by atoms with Crippen molar-refractivity contribution < 1.29 is 13.6 Å². The molecule has 1 amide bonds. The molecular formula is C20H24F2N4O. The van der Waals surface area contributed by atoms with Gasteiger partial charge in [0.15, 0.2) is 0 Å². The molecule has 0 saturated carbocycles. The smallest absolute Gasteiger partial charge is 0.242 e. The highest BCUT2D eigenvalue weighted by atomic mass is 19.1. The van der Waals surface area contributed by atoms with Crippen molar-refractivity contribution in [2.24, 2.45) is 0 Å². The minimum atomic E-state index is -1.01. The fraction of sp³-hybridized carbons (Fsp3) is 0.400. The fourth-order valence-corrected chi connectivity index (χ4v) is 3.47. The summed E-state index contributed by atoms with van der Waals surface area (Å²) in [5.41, 5.74) is -0.217. The van der Waals surface area contributed by atoms with Crippen molar-refractivity contribution in [3.8, 4) is 0 Å². The van der Waals surface area contributed by atoms with E-state index >= 15 is 0 Å². The molecule has 1 N–H and O–H groups in total. The van der Waals surface area contributed by atoms with Crippen LogP contribution < -0.4 is 10.2 Å². The van der Waals surface area contributed by atoms with Gasteiger partial charge in [-0.25, -0.2) is 13.8 Å². The molecule has 1 saturated heterocycles. The van der Waals surface area contributed by atoms with Crippen LogP contribution in [0.5, 0.6) is 0 Å². The average molecular weight is 374 g/mol. The van der Waals surface area contributed by atoms with Crippen LogP contribution >= 0.6 is 0 Å². The molecule has 1 aliphatic heterocycles. The van der Waals surface area contributed by atoms with Gasteiger partial charge in [-0.3, -0.25) is 9.69 Å². The molecule has 1 atom stereocenters. The van der Waals surface area contributed by atoms with Crippen LogP contribution in [-0.2, 0) is 4.79 Å². The van der Waals surface area contributed by atoms with Crippen molar-refractivity contribution in [2.45, 2.75) is 24.9 Å². The van der Waals surface area contributed by atoms with Crippen LogP contribution in [0.2, 0.25) is 0 Å². The summed E-state index contributed by atoms with van der Waals surface area (Å²) in [6.45, 7) is 1.53. The number of hydrogen-bond acceptors (Lipinski definition) is 4. The van der Waals surface area contributed by atoms with Crippen molar-refractivity contribution in [1.29, 1.82) is 0 Å². The number of piperidine rings is 1. The first kappa shape index (κ1) is 19.2. The maximum absolute atomic E-state index is 14.2. The second kappa shape index (κ2) is 8.43. The van der Waals surface area contributed by atoms with Crippen LogP contribution in [-0.4, -0.2) is 49.0 Å². The van der Waals surface area contributed by atoms with E-state index in [1.807, 2.05) is 18.2 Å². The number of nitrogens with one attached hydrogen (secondary N) is 1. The van der Waals surface area contributed by atoms with Crippen LogP contribution in [0.4, 0.5) is 14.6 Å². The number of anilines is 1. The molecule has 2 aromatic rings. The second-order valence-electron chi connectivity index (χ2n) is 6.96. The fourth-order valence-electron chi connectivity index (χ4n) is 3.47. The summed E-state index contributed by atoms with van der Waals surface area (Å²) >= 11 is 0. The van der Waals surface area contributed by atoms with Crippen LogP contribution in [0, 0.1) is 11.6 Å². The van der Waals surface area contributed by atoms with Crippen molar-refractivity contribution in [3.05, 3.63) is 59.8 Å². The monoisotopic (exact) mass is 374 g/mol. The molecule has 2 heterocycles. The Morgan fingerprint density at radius 1 is 1.15 bits per heavy atom. The summed E-state index contributed by atoms with van der Waals surface area (Å²) in [5.74, 6) is -0.898. The van der Waals surface area contributed by atoms with Gasteiger partial charge in [-0.15, -0.1) is 0 Å². The number of aromatic nitrogens is 1. The Balaban J connectivity index is 1.65. The van der Waals surface area contributed by atoms with E-state index in [-0.39, 0.29) is 17.5 Å². The summed E-state index contributed by atoms with van der Waals surface area (Å²) in [6.07, 6.45) is 3.26. The lowest BCUT2D eigenvalue weighted by Gasteiger charge is -2.34. The summed E-state index contributed by atoms with van der Waals surface area (Å²) in [5, 5.41) is 2.96. The Hall–Kier alpha value is -2.54. The average Bonchev–Trinajstić information content (AvgIpc) is 2.65. The van der Waals surface area contributed by atoms with Crippen molar-refractivity contribution in [2.75, 3.05) is 32.1 Å². The number of nitrogens with zero attached hydrogens (tertiary/aromatic N) is 3. The number of benzene rings is 1. The van der Waals surface area contributed by atoms with Gasteiger partial charge in [0.2, 0.25) is 5.91 Å². The predicted molar refractivity (Wildman–Crippen MR) is 100 cm³/mol. The van der Waals surface area contributed by atoms with Crippen LogP contribution in [0.3, 0.4) is 0 Å². The largest absolute Gasteiger partial charge is 0.356 e. The topological polar surface area (TPSA) is 48.5 Å². The van der Waals surface area contributed by atoms with E-state index in [0.717, 1.165) is 31.7 Å². The molecule has 7 heteroatoms. The molecule has 1 aromatic carbocycles. The standard InChI is InChI=1S/C20H24F2N4O/c1-25(2)19(18-15(21)6-5-7-16(18)22)20(27)24-14-9-12-26(13-10-14)17-8-3-4-11-23-17/h3-8,11,14,19H,9-10,12-13H2,1-2H3,(H,24,27)/t19-/m0/s1. The number of rotatable bonds is 5. The number of carbonyl (C=O) groups is 1. The summed E-state index contributed by atoms with van der Waals surface area (Å²) < 4.78 is 28.4. The van der Waals surface area contributed by atoms with Gasteiger partial charge in [-0.1, -0.05) is 12.1 Å². The molecule has 0 radical (unpaired) electrons. The third kappa shape index (κ3) is 4.42. The molecule has 27 heavy (non-hydrogen) atoms. The first-order valence-electron chi connectivity index (χ1n) is 9.04. The van der Waals surface area contributed by atoms with Gasteiger partial charge in [0.25, 0.3) is 0 Å². The van der Waals surface area contributed by atoms with E-state index in [2.05, 4.69) is 15.2 Å². The lowest BCUT2D eigenvalue weighted by Crippen LogP contribution is -2.48. The Morgan fingerprint density at radius 2 is 1.81 bits per heavy atom. The predicted octanol–water partition coefficient (Wildman–Crippen LogP) is 2.75. The number of halogens is 2. The Kier molecular flexibility index (Phi) is 6.01. The molecule has 5 nitrogen and oxygen atoms in total. The number of hydrogen-bond donors (Lipinski definition) is 1. The molecule has 144 valence electrons. The van der Waals surface area contributed by atoms with Gasteiger partial charge in [0, 0.05) is 25.3 Å². The Morgan fingerprint density at radius 3 is 2.37 bits per heavy atom. The molecule has 0 aliphatic carbocycles. The van der Waals surface area contributed by atoms with E-state index in [0.29, 0.717) is 0 Å². The van der Waals surface area contributed by atoms with E-state index in [4.69, 9.17) is 0 Å². The summed E-state index contributed by atoms with van der Waals surface area (Å²) in [6, 6.07) is 8.38. The van der Waals surface area contributed by atoms with Gasteiger partial charge >= 0.3 is 0 Å². The third-order valence-electron chi connectivity index (χ3n) is 4.85. The van der Waals surface area contributed by atoms with Crippen molar-refractivity contribution >= 4 is 11.7 Å². The molecule has 1 aliphatic rings. The molecule has 0 spiro atoms. The van der Waals surface area contributed by atoms with E-state index < -0.39 is 17.7 Å². The molecule has 0 unspecified atom stereocenters. The molecule has 1 fully saturated rings. The highest BCUT2D eigenvalue weighted by molar-refractivity contribution is 5.83. The quantitative estimate of drug-likeness (QED) is 0.874. The van der Waals surface area contributed by atoms with Crippen molar-refractivity contribution in [3.63, 3.8) is 0 Å². The number of carbonyl (C=O) groups excluding carboxylic acids is 1. The summed E-state index contributed by atoms with van der Waals surface area (Å²) in [7, 11) is 3.28. The normalized spacial score (nSPS) is 16.4. The molecule has 1 aromatic heterocycles. The molecule has 0 bridgehead atoms. The highest BCUT2D eigenvalue weighted by Crippen LogP contribution is 2.25. The lowest BCUT2D eigenvalue weighted by atomic mass is 10.0. The lowest BCUT2D eigenvalue weighted by molar-refractivity contribution is -0.126. The minimum absolute atomic E-state index is 0.0326. The van der Waals surface area contributed by atoms with E-state index in [1.54, 1.807) is 20.3 Å². The summed E-state index contributed by atoms with van der Waals surface area (Å²) in [4.78, 5) is 20.8. The maximum Gasteiger partial charge on any atom is 0.242 e. The first-order chi connectivity index (χ1) is 13.0. The van der Waals surface area contributed by atoms with E-state index in [1.165, 1.54) is 23.1 Å². The molecular weight excluding hydrogens is 350 g/mol. The van der Waals surface area contributed by atoms with Crippen molar-refractivity contribution in [1.82, 2.24) is 15.2 Å². The van der Waals surface area contributed by atoms with Gasteiger partial charge in [-0.2, -0.15) is 0 Å². The van der Waals surface area contributed by atoms with Gasteiger partial charge < -0.3 is 10.2 Å². The van der Waals surface area contributed by atoms with Crippen LogP contribution in [0.1, 0.15) is 24.4 Å². The van der Waals surface area contributed by atoms with Crippen LogP contribution in [0.15, 0.2) is 42.6 Å². The second-order valence-corrected chi connectivity index (χ2v) is 6.96. The van der Waals surface area contributed by atoms with Gasteiger partial charge in [-0.05, 0) is 51.2 Å². The number of pyridine rings is 1. The SMILES string of the molecule is CN(C)[C@H](C(=O)NC1CCN(c2ccccn2)CC1)c1c(F)cccc1F. The number of likely N-dealkylation sites (N-methyl/N-ethyl adjacent to an activating group) is 1. The molecule has 3 rings (SSSR count). The first-order valence-corrected chi connectivity index (χ1v) is 9.04. The number of amides is 1. The zero-order valence-corrected chi connectivity index (χ0v) is 15.5. The van der Waals surface area contributed by atoms with Gasteiger partial charge in [0.05, 0.1) is 5.56 Å².